The van der Waals surface area contributed by atoms with E-state index in [1.165, 1.54) is 0 Å². The molecule has 2 aromatic rings. The second kappa shape index (κ2) is 6.10. The monoisotopic (exact) mass is 232 g/mol. The third-order valence-corrected chi connectivity index (χ3v) is 2.42. The molecule has 0 bridgehead atoms. The zero-order valence-electron chi connectivity index (χ0n) is 9.89. The number of hydrogen-bond acceptors (Lipinski definition) is 5. The van der Waals surface area contributed by atoms with Crippen LogP contribution in [-0.4, -0.2) is 35.4 Å². The van der Waals surface area contributed by atoms with Crippen molar-refractivity contribution in [1.82, 2.24) is 15.2 Å². The summed E-state index contributed by atoms with van der Waals surface area (Å²) >= 11 is 0. The standard InChI is InChI=1S/C12H16N4O/c1-17-9-5-4-8-13-12-14-10-6-2-3-7-11(10)15-16-12/h2-3,6-7H,4-5,8-9H2,1H3,(H,13,14,16). The number of benzene rings is 1. The lowest BCUT2D eigenvalue weighted by Gasteiger charge is -2.04. The Kier molecular flexibility index (Phi) is 4.21. The summed E-state index contributed by atoms with van der Waals surface area (Å²) in [7, 11) is 1.71. The van der Waals surface area contributed by atoms with E-state index in [9.17, 15) is 0 Å². The zero-order valence-corrected chi connectivity index (χ0v) is 9.89. The molecule has 1 aromatic heterocycles. The maximum atomic E-state index is 4.98. The van der Waals surface area contributed by atoms with Crippen LogP contribution < -0.4 is 5.32 Å². The molecule has 17 heavy (non-hydrogen) atoms. The number of methoxy groups -OCH3 is 1. The summed E-state index contributed by atoms with van der Waals surface area (Å²) in [6.45, 7) is 1.63. The van der Waals surface area contributed by atoms with Crippen molar-refractivity contribution in [1.29, 1.82) is 0 Å². The van der Waals surface area contributed by atoms with Crippen LogP contribution in [0.1, 0.15) is 12.8 Å². The molecule has 0 aliphatic heterocycles. The van der Waals surface area contributed by atoms with Crippen LogP contribution in [0.15, 0.2) is 24.3 Å². The van der Waals surface area contributed by atoms with Crippen LogP contribution in [0, 0.1) is 0 Å². The molecule has 2 rings (SSSR count). The van der Waals surface area contributed by atoms with E-state index in [2.05, 4.69) is 20.5 Å². The van der Waals surface area contributed by atoms with Crippen LogP contribution in [0.25, 0.3) is 11.0 Å². The Morgan fingerprint density at radius 3 is 2.76 bits per heavy atom. The molecule has 0 amide bonds. The van der Waals surface area contributed by atoms with Crippen LogP contribution in [0.5, 0.6) is 0 Å². The lowest BCUT2D eigenvalue weighted by Crippen LogP contribution is -2.07. The number of hydrogen-bond donors (Lipinski definition) is 1. The van der Waals surface area contributed by atoms with Crippen LogP contribution in [0.3, 0.4) is 0 Å². The Bertz CT molecular complexity index is 475. The van der Waals surface area contributed by atoms with Gasteiger partial charge in [0, 0.05) is 20.3 Å². The number of rotatable bonds is 6. The normalized spacial score (nSPS) is 10.6. The fourth-order valence-electron chi connectivity index (χ4n) is 1.53. The number of aromatic nitrogens is 3. The SMILES string of the molecule is COCCCCNc1nnc2ccccc2n1. The summed E-state index contributed by atoms with van der Waals surface area (Å²) < 4.78 is 4.98. The van der Waals surface area contributed by atoms with E-state index in [0.717, 1.165) is 37.0 Å². The first-order valence-corrected chi connectivity index (χ1v) is 5.72. The van der Waals surface area contributed by atoms with Gasteiger partial charge in [-0.15, -0.1) is 10.2 Å². The Morgan fingerprint density at radius 1 is 1.12 bits per heavy atom. The number of ether oxygens (including phenoxy) is 1. The molecule has 1 aromatic carbocycles. The summed E-state index contributed by atoms with van der Waals surface area (Å²) in [5.41, 5.74) is 1.68. The first-order chi connectivity index (χ1) is 8.40. The molecule has 0 saturated carbocycles. The topological polar surface area (TPSA) is 59.9 Å². The quantitative estimate of drug-likeness (QED) is 0.770. The van der Waals surface area contributed by atoms with E-state index in [4.69, 9.17) is 4.74 Å². The largest absolute Gasteiger partial charge is 0.385 e. The van der Waals surface area contributed by atoms with Crippen molar-refractivity contribution in [3.05, 3.63) is 24.3 Å². The third kappa shape index (κ3) is 3.35. The van der Waals surface area contributed by atoms with Crippen molar-refractivity contribution in [3.8, 4) is 0 Å². The van der Waals surface area contributed by atoms with Crippen LogP contribution in [-0.2, 0) is 4.74 Å². The summed E-state index contributed by atoms with van der Waals surface area (Å²) in [5, 5.41) is 11.3. The van der Waals surface area contributed by atoms with E-state index in [0.29, 0.717) is 5.95 Å². The highest BCUT2D eigenvalue weighted by Gasteiger charge is 1.99. The molecule has 0 saturated heterocycles. The van der Waals surface area contributed by atoms with Gasteiger partial charge >= 0.3 is 0 Å². The highest BCUT2D eigenvalue weighted by molar-refractivity contribution is 5.73. The van der Waals surface area contributed by atoms with E-state index in [-0.39, 0.29) is 0 Å². The average Bonchev–Trinajstić information content (AvgIpc) is 2.38. The fraction of sp³-hybridized carbons (Fsp3) is 0.417. The summed E-state index contributed by atoms with van der Waals surface area (Å²) in [4.78, 5) is 4.38. The highest BCUT2D eigenvalue weighted by Crippen LogP contribution is 2.08. The maximum absolute atomic E-state index is 4.98. The maximum Gasteiger partial charge on any atom is 0.243 e. The van der Waals surface area contributed by atoms with Gasteiger partial charge in [0.2, 0.25) is 5.95 Å². The Morgan fingerprint density at radius 2 is 1.94 bits per heavy atom. The molecular weight excluding hydrogens is 216 g/mol. The van der Waals surface area contributed by atoms with Crippen molar-refractivity contribution in [3.63, 3.8) is 0 Å². The molecule has 5 heteroatoms. The predicted molar refractivity (Wildman–Crippen MR) is 66.9 cm³/mol. The van der Waals surface area contributed by atoms with Crippen molar-refractivity contribution in [2.75, 3.05) is 25.6 Å². The van der Waals surface area contributed by atoms with Crippen LogP contribution in [0.2, 0.25) is 0 Å². The number of unbranched alkanes of at least 4 members (excludes halogenated alkanes) is 1. The minimum absolute atomic E-state index is 0.584. The van der Waals surface area contributed by atoms with Crippen LogP contribution >= 0.6 is 0 Å². The summed E-state index contributed by atoms with van der Waals surface area (Å²) in [5.74, 6) is 0.584. The van der Waals surface area contributed by atoms with E-state index >= 15 is 0 Å². The Hall–Kier alpha value is -1.75. The minimum atomic E-state index is 0.584. The Labute approximate surface area is 100 Å². The molecule has 0 fully saturated rings. The molecule has 0 unspecified atom stereocenters. The van der Waals surface area contributed by atoms with Gasteiger partial charge in [-0.25, -0.2) is 4.98 Å². The van der Waals surface area contributed by atoms with Gasteiger partial charge in [0.25, 0.3) is 0 Å². The van der Waals surface area contributed by atoms with Crippen molar-refractivity contribution >= 4 is 17.0 Å². The van der Waals surface area contributed by atoms with E-state index in [1.54, 1.807) is 7.11 Å². The number of anilines is 1. The Balaban J connectivity index is 1.90. The number of para-hydroxylation sites is 1. The van der Waals surface area contributed by atoms with Gasteiger partial charge in [0.1, 0.15) is 5.52 Å². The zero-order chi connectivity index (χ0) is 11.9. The van der Waals surface area contributed by atoms with E-state index < -0.39 is 0 Å². The van der Waals surface area contributed by atoms with Gasteiger partial charge in [-0.1, -0.05) is 12.1 Å². The first-order valence-electron chi connectivity index (χ1n) is 5.72. The van der Waals surface area contributed by atoms with Crippen molar-refractivity contribution in [2.45, 2.75) is 12.8 Å². The summed E-state index contributed by atoms with van der Waals surface area (Å²) in [6.07, 6.45) is 2.06. The lowest BCUT2D eigenvalue weighted by molar-refractivity contribution is 0.193. The fourth-order valence-corrected chi connectivity index (χ4v) is 1.53. The van der Waals surface area contributed by atoms with Gasteiger partial charge < -0.3 is 10.1 Å². The number of nitrogens with one attached hydrogen (secondary N) is 1. The minimum Gasteiger partial charge on any atom is -0.385 e. The smallest absolute Gasteiger partial charge is 0.243 e. The molecule has 0 aliphatic rings. The second-order valence-corrected chi connectivity index (χ2v) is 3.75. The highest BCUT2D eigenvalue weighted by atomic mass is 16.5. The molecular formula is C12H16N4O. The molecule has 1 N–H and O–H groups in total. The summed E-state index contributed by atoms with van der Waals surface area (Å²) in [6, 6.07) is 7.70. The predicted octanol–water partition coefficient (Wildman–Crippen LogP) is 1.86. The van der Waals surface area contributed by atoms with Gasteiger partial charge in [-0.05, 0) is 25.0 Å². The van der Waals surface area contributed by atoms with Gasteiger partial charge in [0.05, 0.1) is 5.52 Å². The molecule has 0 spiro atoms. The van der Waals surface area contributed by atoms with Gasteiger partial charge in [-0.2, -0.15) is 0 Å². The molecule has 1 heterocycles. The average molecular weight is 232 g/mol. The van der Waals surface area contributed by atoms with Gasteiger partial charge in [0.15, 0.2) is 0 Å². The third-order valence-electron chi connectivity index (χ3n) is 2.42. The number of nitrogens with zero attached hydrogens (tertiary/aromatic N) is 3. The molecule has 5 nitrogen and oxygen atoms in total. The molecule has 0 radical (unpaired) electrons. The van der Waals surface area contributed by atoms with Crippen molar-refractivity contribution in [2.24, 2.45) is 0 Å². The van der Waals surface area contributed by atoms with Gasteiger partial charge in [-0.3, -0.25) is 0 Å². The number of fused-ring (bicyclic) bond motifs is 1. The molecule has 90 valence electrons. The van der Waals surface area contributed by atoms with Crippen LogP contribution in [0.4, 0.5) is 5.95 Å². The van der Waals surface area contributed by atoms with E-state index in [1.807, 2.05) is 24.3 Å². The second-order valence-electron chi connectivity index (χ2n) is 3.75. The molecule has 0 aliphatic carbocycles. The van der Waals surface area contributed by atoms with Crippen molar-refractivity contribution < 1.29 is 4.74 Å². The lowest BCUT2D eigenvalue weighted by atomic mass is 10.3. The first kappa shape index (κ1) is 11.7. The molecule has 0 atom stereocenters.